The molecule has 3 aromatic rings. The molecule has 4 nitrogen and oxygen atoms in total. The average Bonchev–Trinajstić information content (AvgIpc) is 3.02. The van der Waals surface area contributed by atoms with Crippen molar-refractivity contribution in [1.82, 2.24) is 9.36 Å². The van der Waals surface area contributed by atoms with Gasteiger partial charge < -0.3 is 9.71 Å². The van der Waals surface area contributed by atoms with Crippen LogP contribution in [0.25, 0.3) is 10.9 Å². The van der Waals surface area contributed by atoms with Crippen LogP contribution in [-0.4, -0.2) is 9.36 Å². The van der Waals surface area contributed by atoms with E-state index in [-0.39, 0.29) is 0 Å². The van der Waals surface area contributed by atoms with Crippen molar-refractivity contribution >= 4 is 40.1 Å². The second-order valence-corrected chi connectivity index (χ2v) is 5.95. The Bertz CT molecular complexity index is 766. The maximum Gasteiger partial charge on any atom is 0.102 e. The first kappa shape index (κ1) is 12.1. The second kappa shape index (κ2) is 4.96. The molecule has 3 rings (SSSR count). The van der Waals surface area contributed by atoms with Crippen LogP contribution in [0.15, 0.2) is 34.7 Å². The van der Waals surface area contributed by atoms with Crippen LogP contribution in [0.3, 0.4) is 0 Å². The summed E-state index contributed by atoms with van der Waals surface area (Å²) in [4.78, 5) is 3.14. The Kier molecular flexibility index (Phi) is 3.15. The molecule has 0 aliphatic carbocycles. The minimum Gasteiger partial charge on any atom is -0.358 e. The molecule has 2 N–H and O–H groups in total. The van der Waals surface area contributed by atoms with E-state index in [2.05, 4.69) is 20.1 Å². The molecule has 0 atom stereocenters. The van der Waals surface area contributed by atoms with Crippen LogP contribution < -0.4 is 4.72 Å². The predicted molar refractivity (Wildman–Crippen MR) is 79.3 cm³/mol. The Balaban J connectivity index is 1.89. The fourth-order valence-corrected chi connectivity index (χ4v) is 3.33. The quantitative estimate of drug-likeness (QED) is 0.716. The Morgan fingerprint density at radius 2 is 2.37 bits per heavy atom. The van der Waals surface area contributed by atoms with Gasteiger partial charge in [-0.15, -0.1) is 0 Å². The number of nitrogens with one attached hydrogen (secondary N) is 2. The zero-order chi connectivity index (χ0) is 13.2. The number of nitrogens with zero attached hydrogens (tertiary/aromatic N) is 2. The number of nitriles is 1. The molecule has 2 heterocycles. The van der Waals surface area contributed by atoms with E-state index in [1.54, 1.807) is 6.20 Å². The highest BCUT2D eigenvalue weighted by atomic mass is 32.2. The molecule has 0 amide bonds. The first-order valence-corrected chi connectivity index (χ1v) is 7.23. The molecule has 0 unspecified atom stereocenters. The van der Waals surface area contributed by atoms with Crippen molar-refractivity contribution < 1.29 is 0 Å². The molecule has 0 fully saturated rings. The summed E-state index contributed by atoms with van der Waals surface area (Å²) >= 11 is 3.00. The molecular weight excluding hydrogens is 276 g/mol. The first-order chi connectivity index (χ1) is 9.28. The number of aromatic amines is 1. The third kappa shape index (κ3) is 2.30. The van der Waals surface area contributed by atoms with Crippen LogP contribution in [0.5, 0.6) is 0 Å². The SMILES string of the molecule is Cc1cc(SNc2cccc3c(C#N)c[nH]c23)sn1. The normalized spacial score (nSPS) is 10.5. The molecule has 0 bridgehead atoms. The summed E-state index contributed by atoms with van der Waals surface area (Å²) in [6.45, 7) is 1.98. The highest BCUT2D eigenvalue weighted by Crippen LogP contribution is 2.30. The summed E-state index contributed by atoms with van der Waals surface area (Å²) in [5, 5.41) is 9.96. The highest BCUT2D eigenvalue weighted by molar-refractivity contribution is 8.02. The standard InChI is InChI=1S/C13H10N4S2/c1-8-5-12(18-16-8)19-17-11-4-2-3-10-9(6-14)7-15-13(10)11/h2-5,7,15,17H,1H3. The van der Waals surface area contributed by atoms with Gasteiger partial charge in [0.1, 0.15) is 10.3 Å². The van der Waals surface area contributed by atoms with Gasteiger partial charge in [-0.2, -0.15) is 9.64 Å². The predicted octanol–water partition coefficient (Wildman–Crippen LogP) is 3.92. The van der Waals surface area contributed by atoms with Gasteiger partial charge >= 0.3 is 0 Å². The molecule has 2 aromatic heterocycles. The van der Waals surface area contributed by atoms with Gasteiger partial charge in [0, 0.05) is 11.6 Å². The van der Waals surface area contributed by atoms with Gasteiger partial charge in [0.25, 0.3) is 0 Å². The number of rotatable bonds is 3. The number of benzene rings is 1. The van der Waals surface area contributed by atoms with Crippen molar-refractivity contribution in [3.05, 3.63) is 41.7 Å². The monoisotopic (exact) mass is 286 g/mol. The molecule has 0 radical (unpaired) electrons. The number of anilines is 1. The number of para-hydroxylation sites is 1. The summed E-state index contributed by atoms with van der Waals surface area (Å²) in [7, 11) is 0. The molecule has 94 valence electrons. The second-order valence-electron chi connectivity index (χ2n) is 4.03. The van der Waals surface area contributed by atoms with Crippen LogP contribution in [0.2, 0.25) is 0 Å². The van der Waals surface area contributed by atoms with Crippen LogP contribution in [0.4, 0.5) is 5.69 Å². The van der Waals surface area contributed by atoms with Gasteiger partial charge in [0.15, 0.2) is 0 Å². The molecule has 0 aliphatic rings. The molecule has 1 aromatic carbocycles. The lowest BCUT2D eigenvalue weighted by Crippen LogP contribution is -1.86. The van der Waals surface area contributed by atoms with Gasteiger partial charge in [0.2, 0.25) is 0 Å². The molecule has 19 heavy (non-hydrogen) atoms. The maximum absolute atomic E-state index is 9.02. The van der Waals surface area contributed by atoms with E-state index in [0.29, 0.717) is 5.56 Å². The van der Waals surface area contributed by atoms with Crippen molar-refractivity contribution in [2.45, 2.75) is 11.1 Å². The average molecular weight is 286 g/mol. The smallest absolute Gasteiger partial charge is 0.102 e. The molecule has 0 saturated carbocycles. The molecular formula is C13H10N4S2. The summed E-state index contributed by atoms with van der Waals surface area (Å²) in [6.07, 6.45) is 1.73. The van der Waals surface area contributed by atoms with Crippen LogP contribution in [-0.2, 0) is 0 Å². The van der Waals surface area contributed by atoms with Crippen LogP contribution >= 0.6 is 23.5 Å². The summed E-state index contributed by atoms with van der Waals surface area (Å²) in [5.41, 5.74) is 3.61. The molecule has 0 aliphatic heterocycles. The third-order valence-corrected chi connectivity index (χ3v) is 4.50. The number of aromatic nitrogens is 2. The van der Waals surface area contributed by atoms with Crippen LogP contribution in [0, 0.1) is 18.3 Å². The van der Waals surface area contributed by atoms with Gasteiger partial charge in [-0.3, -0.25) is 0 Å². The van der Waals surface area contributed by atoms with Crippen molar-refractivity contribution in [1.29, 1.82) is 5.26 Å². The fourth-order valence-electron chi connectivity index (χ4n) is 1.83. The zero-order valence-corrected chi connectivity index (χ0v) is 11.7. The summed E-state index contributed by atoms with van der Waals surface area (Å²) in [6, 6.07) is 10.1. The maximum atomic E-state index is 9.02. The minimum absolute atomic E-state index is 0.664. The Morgan fingerprint density at radius 1 is 1.47 bits per heavy atom. The number of H-pyrrole nitrogens is 1. The summed E-state index contributed by atoms with van der Waals surface area (Å²) in [5.74, 6) is 0. The number of aryl methyl sites for hydroxylation is 1. The molecule has 0 saturated heterocycles. The fraction of sp³-hybridized carbons (Fsp3) is 0.0769. The van der Waals surface area contributed by atoms with Gasteiger partial charge in [-0.25, -0.2) is 0 Å². The third-order valence-electron chi connectivity index (χ3n) is 2.70. The number of hydrogen-bond acceptors (Lipinski definition) is 5. The van der Waals surface area contributed by atoms with E-state index in [9.17, 15) is 0 Å². The Morgan fingerprint density at radius 3 is 3.11 bits per heavy atom. The lowest BCUT2D eigenvalue weighted by atomic mass is 10.2. The van der Waals surface area contributed by atoms with E-state index in [4.69, 9.17) is 5.26 Å². The van der Waals surface area contributed by atoms with E-state index in [1.165, 1.54) is 23.5 Å². The van der Waals surface area contributed by atoms with E-state index < -0.39 is 0 Å². The Hall–Kier alpha value is -1.97. The lowest BCUT2D eigenvalue weighted by Gasteiger charge is -2.04. The number of fused-ring (bicyclic) bond motifs is 1. The summed E-state index contributed by atoms with van der Waals surface area (Å²) < 4.78 is 8.65. The molecule has 0 spiro atoms. The van der Waals surface area contributed by atoms with Gasteiger partial charge in [-0.05, 0) is 42.5 Å². The van der Waals surface area contributed by atoms with Crippen molar-refractivity contribution in [3.8, 4) is 6.07 Å². The highest BCUT2D eigenvalue weighted by Gasteiger charge is 2.07. The van der Waals surface area contributed by atoms with Crippen molar-refractivity contribution in [3.63, 3.8) is 0 Å². The topological polar surface area (TPSA) is 64.5 Å². The van der Waals surface area contributed by atoms with Crippen LogP contribution in [0.1, 0.15) is 11.3 Å². The lowest BCUT2D eigenvalue weighted by molar-refractivity contribution is 1.34. The first-order valence-electron chi connectivity index (χ1n) is 5.64. The largest absolute Gasteiger partial charge is 0.358 e. The molecule has 6 heteroatoms. The van der Waals surface area contributed by atoms with Gasteiger partial charge in [-0.1, -0.05) is 12.1 Å². The Labute approximate surface area is 118 Å². The van der Waals surface area contributed by atoms with Crippen molar-refractivity contribution in [2.24, 2.45) is 0 Å². The minimum atomic E-state index is 0.664. The van der Waals surface area contributed by atoms with Gasteiger partial charge in [0.05, 0.1) is 22.5 Å². The van der Waals surface area contributed by atoms with Crippen molar-refractivity contribution in [2.75, 3.05) is 4.72 Å². The van der Waals surface area contributed by atoms with E-state index >= 15 is 0 Å². The van der Waals surface area contributed by atoms with E-state index in [1.807, 2.05) is 31.2 Å². The zero-order valence-electron chi connectivity index (χ0n) is 10.1. The van der Waals surface area contributed by atoms with E-state index in [0.717, 1.165) is 26.5 Å². The number of hydrogen-bond donors (Lipinski definition) is 2.